The molecule has 92 valence electrons. The summed E-state index contributed by atoms with van der Waals surface area (Å²) >= 11 is 1.45. The summed E-state index contributed by atoms with van der Waals surface area (Å²) in [4.78, 5) is 1.67. The summed E-state index contributed by atoms with van der Waals surface area (Å²) in [6.45, 7) is 2.05. The summed E-state index contributed by atoms with van der Waals surface area (Å²) in [5.74, 6) is 0.821. The number of benzene rings is 1. The molecule has 1 aromatic heterocycles. The van der Waals surface area contributed by atoms with Gasteiger partial charge in [0, 0.05) is 4.88 Å². The van der Waals surface area contributed by atoms with E-state index < -0.39 is 0 Å². The highest BCUT2D eigenvalue weighted by molar-refractivity contribution is 7.16. The summed E-state index contributed by atoms with van der Waals surface area (Å²) in [6, 6.07) is 9.96. The fourth-order valence-corrected chi connectivity index (χ4v) is 3.00. The summed E-state index contributed by atoms with van der Waals surface area (Å²) < 4.78 is 5.14. The molecular formula is C14H14N2OS. The third-order valence-corrected chi connectivity index (χ3v) is 4.06. The van der Waals surface area contributed by atoms with E-state index in [1.165, 1.54) is 11.3 Å². The molecule has 0 spiro atoms. The van der Waals surface area contributed by atoms with Crippen LogP contribution in [0.5, 0.6) is 5.75 Å². The SMILES string of the molecule is CCc1c(-c2ccc(OC)cc2)sc(C#N)c1N. The van der Waals surface area contributed by atoms with Gasteiger partial charge in [0.1, 0.15) is 16.7 Å². The Bertz CT molecular complexity index is 593. The average molecular weight is 258 g/mol. The van der Waals surface area contributed by atoms with Crippen LogP contribution in [0.3, 0.4) is 0 Å². The van der Waals surface area contributed by atoms with Gasteiger partial charge in [0.15, 0.2) is 0 Å². The van der Waals surface area contributed by atoms with Crippen LogP contribution in [-0.4, -0.2) is 7.11 Å². The van der Waals surface area contributed by atoms with Crippen molar-refractivity contribution >= 4 is 17.0 Å². The maximum atomic E-state index is 9.04. The Morgan fingerprint density at radius 2 is 2.00 bits per heavy atom. The van der Waals surface area contributed by atoms with Crippen LogP contribution in [0.15, 0.2) is 24.3 Å². The van der Waals surface area contributed by atoms with Crippen LogP contribution >= 0.6 is 11.3 Å². The minimum atomic E-state index is 0.595. The number of thiophene rings is 1. The van der Waals surface area contributed by atoms with Crippen LogP contribution in [0.2, 0.25) is 0 Å². The molecule has 0 radical (unpaired) electrons. The Balaban J connectivity index is 2.53. The number of nitrogens with zero attached hydrogens (tertiary/aromatic N) is 1. The van der Waals surface area contributed by atoms with Crippen molar-refractivity contribution in [2.75, 3.05) is 12.8 Å². The van der Waals surface area contributed by atoms with E-state index in [1.807, 2.05) is 31.2 Å². The highest BCUT2D eigenvalue weighted by atomic mass is 32.1. The smallest absolute Gasteiger partial charge is 0.128 e. The maximum absolute atomic E-state index is 9.04. The van der Waals surface area contributed by atoms with E-state index in [1.54, 1.807) is 7.11 Å². The fourth-order valence-electron chi connectivity index (χ4n) is 1.89. The maximum Gasteiger partial charge on any atom is 0.128 e. The topological polar surface area (TPSA) is 59.0 Å². The van der Waals surface area contributed by atoms with E-state index >= 15 is 0 Å². The van der Waals surface area contributed by atoms with Gasteiger partial charge in [-0.05, 0) is 41.8 Å². The van der Waals surface area contributed by atoms with Crippen LogP contribution in [0.25, 0.3) is 10.4 Å². The molecule has 2 rings (SSSR count). The number of anilines is 1. The molecule has 1 aromatic carbocycles. The number of ether oxygens (including phenoxy) is 1. The zero-order chi connectivity index (χ0) is 13.1. The first-order valence-electron chi connectivity index (χ1n) is 5.66. The molecule has 3 nitrogen and oxygen atoms in total. The Morgan fingerprint density at radius 1 is 1.33 bits per heavy atom. The third-order valence-electron chi connectivity index (χ3n) is 2.86. The van der Waals surface area contributed by atoms with Gasteiger partial charge in [0.25, 0.3) is 0 Å². The summed E-state index contributed by atoms with van der Waals surface area (Å²) in [5.41, 5.74) is 8.73. The van der Waals surface area contributed by atoms with Gasteiger partial charge < -0.3 is 10.5 Å². The van der Waals surface area contributed by atoms with Crippen LogP contribution in [0.4, 0.5) is 5.69 Å². The number of nitrogen functional groups attached to an aromatic ring is 1. The van der Waals surface area contributed by atoms with Crippen molar-refractivity contribution in [2.45, 2.75) is 13.3 Å². The van der Waals surface area contributed by atoms with Crippen LogP contribution in [0, 0.1) is 11.3 Å². The average Bonchev–Trinajstić information content (AvgIpc) is 2.75. The second-order valence-corrected chi connectivity index (χ2v) is 4.87. The molecule has 18 heavy (non-hydrogen) atoms. The van der Waals surface area contributed by atoms with E-state index in [2.05, 4.69) is 6.07 Å². The number of hydrogen-bond donors (Lipinski definition) is 1. The van der Waals surface area contributed by atoms with Crippen molar-refractivity contribution in [2.24, 2.45) is 0 Å². The van der Waals surface area contributed by atoms with Crippen LogP contribution in [-0.2, 0) is 6.42 Å². The van der Waals surface area contributed by atoms with Crippen molar-refractivity contribution in [1.29, 1.82) is 5.26 Å². The predicted octanol–water partition coefficient (Wildman–Crippen LogP) is 3.44. The first-order valence-corrected chi connectivity index (χ1v) is 6.48. The molecule has 0 aliphatic carbocycles. The van der Waals surface area contributed by atoms with Crippen molar-refractivity contribution in [3.8, 4) is 22.3 Å². The molecule has 1 heterocycles. The first-order chi connectivity index (χ1) is 8.71. The molecule has 0 saturated carbocycles. The number of rotatable bonds is 3. The molecule has 0 saturated heterocycles. The molecule has 0 amide bonds. The number of hydrogen-bond acceptors (Lipinski definition) is 4. The van der Waals surface area contributed by atoms with Gasteiger partial charge in [-0.15, -0.1) is 11.3 Å². The molecule has 0 unspecified atom stereocenters. The van der Waals surface area contributed by atoms with Crippen molar-refractivity contribution in [3.05, 3.63) is 34.7 Å². The molecule has 2 aromatic rings. The number of methoxy groups -OCH3 is 1. The third kappa shape index (κ3) is 2.05. The molecule has 0 bridgehead atoms. The van der Waals surface area contributed by atoms with E-state index in [9.17, 15) is 0 Å². The number of nitrogens with two attached hydrogens (primary N) is 1. The second kappa shape index (κ2) is 5.11. The van der Waals surface area contributed by atoms with Crippen molar-refractivity contribution in [3.63, 3.8) is 0 Å². The minimum Gasteiger partial charge on any atom is -0.497 e. The zero-order valence-corrected chi connectivity index (χ0v) is 11.2. The van der Waals surface area contributed by atoms with Crippen LogP contribution < -0.4 is 10.5 Å². The van der Waals surface area contributed by atoms with Gasteiger partial charge in [-0.25, -0.2) is 0 Å². The van der Waals surface area contributed by atoms with Gasteiger partial charge in [0.2, 0.25) is 0 Å². The molecular weight excluding hydrogens is 244 g/mol. The lowest BCUT2D eigenvalue weighted by atomic mass is 10.1. The molecule has 0 atom stereocenters. The molecule has 0 aliphatic heterocycles. The first kappa shape index (κ1) is 12.5. The van der Waals surface area contributed by atoms with Crippen molar-refractivity contribution in [1.82, 2.24) is 0 Å². The van der Waals surface area contributed by atoms with E-state index in [4.69, 9.17) is 15.7 Å². The van der Waals surface area contributed by atoms with Gasteiger partial charge >= 0.3 is 0 Å². The normalized spacial score (nSPS) is 10.1. The molecule has 0 aliphatic rings. The second-order valence-electron chi connectivity index (χ2n) is 3.85. The van der Waals surface area contributed by atoms with Gasteiger partial charge in [-0.1, -0.05) is 6.92 Å². The predicted molar refractivity (Wildman–Crippen MR) is 74.8 cm³/mol. The largest absolute Gasteiger partial charge is 0.497 e. The lowest BCUT2D eigenvalue weighted by molar-refractivity contribution is 0.415. The van der Waals surface area contributed by atoms with Gasteiger partial charge in [-0.3, -0.25) is 0 Å². The summed E-state index contributed by atoms with van der Waals surface area (Å²) in [5, 5.41) is 9.04. The van der Waals surface area contributed by atoms with Gasteiger partial charge in [-0.2, -0.15) is 5.26 Å². The Hall–Kier alpha value is -1.99. The highest BCUT2D eigenvalue weighted by Crippen LogP contribution is 2.38. The molecule has 2 N–H and O–H groups in total. The number of nitriles is 1. The van der Waals surface area contributed by atoms with E-state index in [0.717, 1.165) is 28.2 Å². The minimum absolute atomic E-state index is 0.595. The van der Waals surface area contributed by atoms with Crippen molar-refractivity contribution < 1.29 is 4.74 Å². The van der Waals surface area contributed by atoms with Crippen LogP contribution in [0.1, 0.15) is 17.4 Å². The highest BCUT2D eigenvalue weighted by Gasteiger charge is 2.15. The quantitative estimate of drug-likeness (QED) is 0.917. The van der Waals surface area contributed by atoms with E-state index in [-0.39, 0.29) is 0 Å². The monoisotopic (exact) mass is 258 g/mol. The zero-order valence-electron chi connectivity index (χ0n) is 10.4. The molecule has 4 heteroatoms. The summed E-state index contributed by atoms with van der Waals surface area (Å²) in [6.07, 6.45) is 0.825. The Labute approximate surface area is 110 Å². The lowest BCUT2D eigenvalue weighted by Gasteiger charge is -2.04. The molecule has 0 fully saturated rings. The Morgan fingerprint density at radius 3 is 2.50 bits per heavy atom. The van der Waals surface area contributed by atoms with Gasteiger partial charge in [0.05, 0.1) is 12.8 Å². The fraction of sp³-hybridized carbons (Fsp3) is 0.214. The van der Waals surface area contributed by atoms with E-state index in [0.29, 0.717) is 10.6 Å². The standard InChI is InChI=1S/C14H14N2OS/c1-3-11-13(16)12(8-15)18-14(11)9-4-6-10(17-2)7-5-9/h4-7H,3,16H2,1-2H3. The Kier molecular flexibility index (Phi) is 3.54. The lowest BCUT2D eigenvalue weighted by Crippen LogP contribution is -1.91. The summed E-state index contributed by atoms with van der Waals surface area (Å²) in [7, 11) is 1.64.